The molecule has 0 spiro atoms. The smallest absolute Gasteiger partial charge is 0.311 e. The van der Waals surface area contributed by atoms with Gasteiger partial charge in [0.2, 0.25) is 11.7 Å². The lowest BCUT2D eigenvalue weighted by Gasteiger charge is -2.33. The molecule has 11 heteroatoms. The topological polar surface area (TPSA) is 111 Å². The molecule has 1 fully saturated rings. The van der Waals surface area contributed by atoms with E-state index in [-0.39, 0.29) is 42.3 Å². The van der Waals surface area contributed by atoms with Gasteiger partial charge in [0, 0.05) is 34.8 Å². The third kappa shape index (κ3) is 7.72. The van der Waals surface area contributed by atoms with Gasteiger partial charge in [-0.25, -0.2) is 0 Å². The summed E-state index contributed by atoms with van der Waals surface area (Å²) in [5, 5.41) is 15.1. The number of nitrogens with one attached hydrogen (secondary N) is 1. The van der Waals surface area contributed by atoms with Crippen LogP contribution in [-0.4, -0.2) is 47.4 Å². The third-order valence-corrected chi connectivity index (χ3v) is 6.99. The molecule has 9 nitrogen and oxygen atoms in total. The van der Waals surface area contributed by atoms with Gasteiger partial charge in [-0.2, -0.15) is 0 Å². The minimum Gasteiger partial charge on any atom is -0.490 e. The molecule has 2 aromatic rings. The van der Waals surface area contributed by atoms with E-state index in [0.29, 0.717) is 22.0 Å². The lowest BCUT2D eigenvalue weighted by molar-refractivity contribution is -0.385. The van der Waals surface area contributed by atoms with Crippen LogP contribution < -0.4 is 14.8 Å². The number of hydrogen-bond donors (Lipinski definition) is 1. The summed E-state index contributed by atoms with van der Waals surface area (Å²) < 4.78 is 10.7. The second kappa shape index (κ2) is 13.5. The molecule has 3 rings (SSSR count). The molecule has 0 bridgehead atoms. The molecule has 0 heterocycles. The molecule has 1 aliphatic rings. The monoisotopic (exact) mass is 551 g/mol. The largest absolute Gasteiger partial charge is 0.490 e. The Morgan fingerprint density at radius 3 is 2.51 bits per heavy atom. The highest BCUT2D eigenvalue weighted by Crippen LogP contribution is 2.31. The lowest BCUT2D eigenvalue weighted by atomic mass is 9.95. The second-order valence-corrected chi connectivity index (χ2v) is 9.75. The molecule has 2 amide bonds. The fraction of sp³-hybridized carbons (Fsp3) is 0.462. The van der Waals surface area contributed by atoms with Crippen LogP contribution >= 0.6 is 23.2 Å². The van der Waals surface area contributed by atoms with Crippen molar-refractivity contribution in [1.82, 2.24) is 10.2 Å². The molecule has 0 aromatic heterocycles. The number of carbonyl (C=O) groups excluding carboxylic acids is 2. The summed E-state index contributed by atoms with van der Waals surface area (Å²) in [6.07, 6.45) is 5.53. The molecule has 1 N–H and O–H groups in total. The standard InChI is InChI=1S/C26H31Cl2N3O6/c1-3-22(26(33)29-19-7-5-4-6-8-19)30(15-17-9-10-18(27)13-21(17)28)25(32)16-37-20-11-12-23(31(34)35)24(14-20)36-2/h9-14,19,22H,3-8,15-16H2,1-2H3,(H,29,33)/t22-/m0/s1. The van der Waals surface area contributed by atoms with Crippen LogP contribution in [0.1, 0.15) is 51.0 Å². The van der Waals surface area contributed by atoms with Crippen LogP contribution in [0.25, 0.3) is 0 Å². The molecule has 1 saturated carbocycles. The van der Waals surface area contributed by atoms with Crippen molar-refractivity contribution in [2.24, 2.45) is 0 Å². The first-order valence-electron chi connectivity index (χ1n) is 12.2. The first kappa shape index (κ1) is 28.5. The number of benzene rings is 2. The summed E-state index contributed by atoms with van der Waals surface area (Å²) in [6.45, 7) is 1.54. The zero-order valence-electron chi connectivity index (χ0n) is 20.9. The first-order valence-corrected chi connectivity index (χ1v) is 13.0. The van der Waals surface area contributed by atoms with Gasteiger partial charge < -0.3 is 19.7 Å². The molecule has 0 unspecified atom stereocenters. The van der Waals surface area contributed by atoms with Crippen molar-refractivity contribution >= 4 is 40.7 Å². The zero-order chi connectivity index (χ0) is 26.9. The van der Waals surface area contributed by atoms with E-state index < -0.39 is 16.9 Å². The summed E-state index contributed by atoms with van der Waals surface area (Å²) in [6, 6.07) is 8.32. The molecular weight excluding hydrogens is 521 g/mol. The van der Waals surface area contributed by atoms with Gasteiger partial charge in [0.15, 0.2) is 6.61 Å². The number of nitrogens with zero attached hydrogens (tertiary/aromatic N) is 2. The van der Waals surface area contributed by atoms with E-state index in [1.54, 1.807) is 18.2 Å². The summed E-state index contributed by atoms with van der Waals surface area (Å²) in [5.74, 6) is -0.420. The van der Waals surface area contributed by atoms with Gasteiger partial charge in [0.05, 0.1) is 12.0 Å². The van der Waals surface area contributed by atoms with Crippen molar-refractivity contribution in [1.29, 1.82) is 0 Å². The molecule has 2 aromatic carbocycles. The Bertz CT molecular complexity index is 1120. The maximum atomic E-state index is 13.4. The molecule has 1 aliphatic carbocycles. The SMILES string of the molecule is CC[C@@H](C(=O)NC1CCCCC1)N(Cc1ccc(Cl)cc1Cl)C(=O)COc1ccc([N+](=O)[O-])c(OC)c1. The summed E-state index contributed by atoms with van der Waals surface area (Å²) >= 11 is 12.4. The van der Waals surface area contributed by atoms with Gasteiger partial charge in [-0.05, 0) is 43.0 Å². The van der Waals surface area contributed by atoms with Gasteiger partial charge in [0.25, 0.3) is 5.91 Å². The summed E-state index contributed by atoms with van der Waals surface area (Å²) in [4.78, 5) is 38.8. The number of nitro groups is 1. The predicted molar refractivity (Wildman–Crippen MR) is 141 cm³/mol. The average Bonchev–Trinajstić information content (AvgIpc) is 2.88. The van der Waals surface area contributed by atoms with Gasteiger partial charge in [-0.1, -0.05) is 55.5 Å². The van der Waals surface area contributed by atoms with Crippen LogP contribution in [0.5, 0.6) is 11.5 Å². The van der Waals surface area contributed by atoms with Crippen molar-refractivity contribution in [3.63, 3.8) is 0 Å². The van der Waals surface area contributed by atoms with Crippen LogP contribution in [0.15, 0.2) is 36.4 Å². The number of methoxy groups -OCH3 is 1. The fourth-order valence-corrected chi connectivity index (χ4v) is 4.89. The zero-order valence-corrected chi connectivity index (χ0v) is 22.4. The fourth-order valence-electron chi connectivity index (χ4n) is 4.42. The maximum Gasteiger partial charge on any atom is 0.311 e. The van der Waals surface area contributed by atoms with Crippen molar-refractivity contribution in [3.8, 4) is 11.5 Å². The normalized spacial score (nSPS) is 14.5. The Balaban J connectivity index is 1.81. The van der Waals surface area contributed by atoms with Crippen molar-refractivity contribution in [2.45, 2.75) is 64.1 Å². The molecule has 0 saturated heterocycles. The quantitative estimate of drug-likeness (QED) is 0.289. The molecule has 0 radical (unpaired) electrons. The van der Waals surface area contributed by atoms with E-state index in [9.17, 15) is 19.7 Å². The predicted octanol–water partition coefficient (Wildman–Crippen LogP) is 5.55. The van der Waals surface area contributed by atoms with E-state index in [1.165, 1.54) is 30.2 Å². The van der Waals surface area contributed by atoms with Crippen LogP contribution in [0.4, 0.5) is 5.69 Å². The molecule has 37 heavy (non-hydrogen) atoms. The van der Waals surface area contributed by atoms with E-state index in [2.05, 4.69) is 5.32 Å². The van der Waals surface area contributed by atoms with Crippen LogP contribution in [0.3, 0.4) is 0 Å². The maximum absolute atomic E-state index is 13.4. The average molecular weight is 552 g/mol. The number of carbonyl (C=O) groups is 2. The molecule has 1 atom stereocenters. The Labute approximate surface area is 226 Å². The molecule has 0 aliphatic heterocycles. The van der Waals surface area contributed by atoms with Crippen molar-refractivity contribution in [3.05, 3.63) is 62.1 Å². The number of halogens is 2. The Hall–Kier alpha value is -3.04. The van der Waals surface area contributed by atoms with Gasteiger partial charge in [-0.3, -0.25) is 19.7 Å². The van der Waals surface area contributed by atoms with Gasteiger partial charge in [-0.15, -0.1) is 0 Å². The van der Waals surface area contributed by atoms with Gasteiger partial charge >= 0.3 is 5.69 Å². The number of nitro benzene ring substituents is 1. The minimum absolute atomic E-state index is 0.0121. The Kier molecular flexibility index (Phi) is 10.4. The number of hydrogen-bond acceptors (Lipinski definition) is 6. The third-order valence-electron chi connectivity index (χ3n) is 6.40. The minimum atomic E-state index is -0.740. The number of rotatable bonds is 11. The van der Waals surface area contributed by atoms with E-state index in [0.717, 1.165) is 32.1 Å². The molecule has 200 valence electrons. The second-order valence-electron chi connectivity index (χ2n) is 8.90. The van der Waals surface area contributed by atoms with E-state index >= 15 is 0 Å². The lowest BCUT2D eigenvalue weighted by Crippen LogP contribution is -2.52. The number of amides is 2. The van der Waals surface area contributed by atoms with E-state index in [1.807, 2.05) is 6.92 Å². The Morgan fingerprint density at radius 1 is 1.16 bits per heavy atom. The highest BCUT2D eigenvalue weighted by atomic mass is 35.5. The van der Waals surface area contributed by atoms with Gasteiger partial charge in [0.1, 0.15) is 11.8 Å². The first-order chi connectivity index (χ1) is 17.7. The van der Waals surface area contributed by atoms with E-state index in [4.69, 9.17) is 32.7 Å². The van der Waals surface area contributed by atoms with Crippen molar-refractivity contribution < 1.29 is 24.0 Å². The highest BCUT2D eigenvalue weighted by Gasteiger charge is 2.31. The molecular formula is C26H31Cl2N3O6. The summed E-state index contributed by atoms with van der Waals surface area (Å²) in [7, 11) is 1.31. The van der Waals surface area contributed by atoms with Crippen LogP contribution in [-0.2, 0) is 16.1 Å². The van der Waals surface area contributed by atoms with Crippen LogP contribution in [0.2, 0.25) is 10.0 Å². The summed E-state index contributed by atoms with van der Waals surface area (Å²) in [5.41, 5.74) is 0.422. The Morgan fingerprint density at radius 2 is 1.89 bits per heavy atom. The van der Waals surface area contributed by atoms with Crippen molar-refractivity contribution in [2.75, 3.05) is 13.7 Å². The highest BCUT2D eigenvalue weighted by molar-refractivity contribution is 6.35. The van der Waals surface area contributed by atoms with Crippen LogP contribution in [0, 0.1) is 10.1 Å². The number of ether oxygens (including phenoxy) is 2.